The van der Waals surface area contributed by atoms with Crippen LogP contribution in [0.25, 0.3) is 0 Å². The van der Waals surface area contributed by atoms with Crippen LogP contribution in [0.3, 0.4) is 0 Å². The van der Waals surface area contributed by atoms with Gasteiger partial charge in [0.1, 0.15) is 6.10 Å². The van der Waals surface area contributed by atoms with Gasteiger partial charge in [0.15, 0.2) is 0 Å². The van der Waals surface area contributed by atoms with E-state index >= 15 is 0 Å². The van der Waals surface area contributed by atoms with Gasteiger partial charge < -0.3 is 14.9 Å². The first-order chi connectivity index (χ1) is 11.2. The van der Waals surface area contributed by atoms with Crippen molar-refractivity contribution in [2.24, 2.45) is 5.41 Å². The third-order valence-corrected chi connectivity index (χ3v) is 5.24. The number of aliphatic hydroxyl groups excluding tert-OH is 2. The summed E-state index contributed by atoms with van der Waals surface area (Å²) >= 11 is 1.57. The SMILES string of the molecule is OCC1(CN(Cc2ccccc2)CC(O)c2cccs2)COC1. The quantitative estimate of drug-likeness (QED) is 0.778. The van der Waals surface area contributed by atoms with E-state index in [2.05, 4.69) is 17.0 Å². The lowest BCUT2D eigenvalue weighted by Gasteiger charge is -2.43. The van der Waals surface area contributed by atoms with E-state index in [-0.39, 0.29) is 12.0 Å². The first kappa shape index (κ1) is 16.6. The second-order valence-corrected chi connectivity index (χ2v) is 7.32. The lowest BCUT2D eigenvalue weighted by atomic mass is 9.86. The van der Waals surface area contributed by atoms with Crippen LogP contribution >= 0.6 is 11.3 Å². The Morgan fingerprint density at radius 2 is 1.96 bits per heavy atom. The maximum absolute atomic E-state index is 10.5. The predicted molar refractivity (Wildman–Crippen MR) is 91.3 cm³/mol. The van der Waals surface area contributed by atoms with Crippen LogP contribution in [0, 0.1) is 5.41 Å². The largest absolute Gasteiger partial charge is 0.396 e. The lowest BCUT2D eigenvalue weighted by Crippen LogP contribution is -2.53. The maximum Gasteiger partial charge on any atom is 0.101 e. The van der Waals surface area contributed by atoms with Crippen LogP contribution in [-0.2, 0) is 11.3 Å². The smallest absolute Gasteiger partial charge is 0.101 e. The Bertz CT molecular complexity index is 578. The minimum atomic E-state index is -0.504. The average molecular weight is 333 g/mol. The molecule has 1 saturated heterocycles. The molecule has 1 aliphatic rings. The summed E-state index contributed by atoms with van der Waals surface area (Å²) < 4.78 is 5.31. The highest BCUT2D eigenvalue weighted by molar-refractivity contribution is 7.10. The van der Waals surface area contributed by atoms with Gasteiger partial charge in [0, 0.05) is 24.5 Å². The van der Waals surface area contributed by atoms with Gasteiger partial charge in [0.25, 0.3) is 0 Å². The molecular formula is C18H23NO3S. The predicted octanol–water partition coefficient (Wildman–Crippen LogP) is 2.29. The van der Waals surface area contributed by atoms with Gasteiger partial charge in [-0.2, -0.15) is 0 Å². The van der Waals surface area contributed by atoms with Crippen molar-refractivity contribution in [3.05, 3.63) is 58.3 Å². The normalized spacial score (nSPS) is 17.9. The minimum Gasteiger partial charge on any atom is -0.396 e. The first-order valence-electron chi connectivity index (χ1n) is 7.87. The molecule has 1 aliphatic heterocycles. The van der Waals surface area contributed by atoms with E-state index in [1.54, 1.807) is 11.3 Å². The van der Waals surface area contributed by atoms with Gasteiger partial charge in [0.2, 0.25) is 0 Å². The molecule has 0 bridgehead atoms. The van der Waals surface area contributed by atoms with Crippen molar-refractivity contribution in [1.82, 2.24) is 4.90 Å². The Labute approximate surface area is 141 Å². The fourth-order valence-electron chi connectivity index (χ4n) is 2.94. The minimum absolute atomic E-state index is 0.118. The number of hydrogen-bond donors (Lipinski definition) is 2. The van der Waals surface area contributed by atoms with Crippen molar-refractivity contribution in [3.63, 3.8) is 0 Å². The third kappa shape index (κ3) is 4.19. The second kappa shape index (κ2) is 7.55. The van der Waals surface area contributed by atoms with Gasteiger partial charge in [-0.05, 0) is 17.0 Å². The average Bonchev–Trinajstić information content (AvgIpc) is 3.06. The van der Waals surface area contributed by atoms with Crippen LogP contribution in [0.5, 0.6) is 0 Å². The first-order valence-corrected chi connectivity index (χ1v) is 8.75. The molecule has 0 amide bonds. The number of rotatable bonds is 8. The molecule has 4 nitrogen and oxygen atoms in total. The van der Waals surface area contributed by atoms with E-state index in [9.17, 15) is 10.2 Å². The fourth-order valence-corrected chi connectivity index (χ4v) is 3.64. The van der Waals surface area contributed by atoms with E-state index in [1.807, 2.05) is 35.7 Å². The van der Waals surface area contributed by atoms with Gasteiger partial charge >= 0.3 is 0 Å². The molecule has 0 radical (unpaired) electrons. The molecular weight excluding hydrogens is 310 g/mol. The van der Waals surface area contributed by atoms with E-state index in [0.29, 0.717) is 19.8 Å². The zero-order valence-electron chi connectivity index (χ0n) is 13.1. The van der Waals surface area contributed by atoms with Crippen molar-refractivity contribution in [3.8, 4) is 0 Å². The number of aliphatic hydroxyl groups is 2. The zero-order valence-corrected chi connectivity index (χ0v) is 13.9. The van der Waals surface area contributed by atoms with Crippen molar-refractivity contribution >= 4 is 11.3 Å². The third-order valence-electron chi connectivity index (χ3n) is 4.26. The molecule has 0 aliphatic carbocycles. The molecule has 1 atom stereocenters. The molecule has 2 aromatic rings. The Morgan fingerprint density at radius 1 is 1.17 bits per heavy atom. The van der Waals surface area contributed by atoms with Crippen molar-refractivity contribution in [2.45, 2.75) is 12.6 Å². The van der Waals surface area contributed by atoms with Crippen LogP contribution in [0.1, 0.15) is 16.5 Å². The Morgan fingerprint density at radius 3 is 2.52 bits per heavy atom. The number of ether oxygens (including phenoxy) is 1. The van der Waals surface area contributed by atoms with E-state index in [1.165, 1.54) is 5.56 Å². The summed E-state index contributed by atoms with van der Waals surface area (Å²) in [6, 6.07) is 14.2. The zero-order chi connectivity index (χ0) is 16.1. The van der Waals surface area contributed by atoms with Crippen molar-refractivity contribution in [1.29, 1.82) is 0 Å². The topological polar surface area (TPSA) is 52.9 Å². The van der Waals surface area contributed by atoms with Crippen LogP contribution in [0.4, 0.5) is 0 Å². The molecule has 5 heteroatoms. The monoisotopic (exact) mass is 333 g/mol. The Balaban J connectivity index is 1.70. The Kier molecular flexibility index (Phi) is 5.46. The number of nitrogens with zero attached hydrogens (tertiary/aromatic N) is 1. The Hall–Kier alpha value is -1.24. The van der Waals surface area contributed by atoms with E-state index < -0.39 is 6.10 Å². The van der Waals surface area contributed by atoms with E-state index in [0.717, 1.165) is 18.0 Å². The molecule has 1 fully saturated rings. The van der Waals surface area contributed by atoms with Crippen LogP contribution in [0.2, 0.25) is 0 Å². The molecule has 0 saturated carbocycles. The van der Waals surface area contributed by atoms with Gasteiger partial charge in [-0.25, -0.2) is 0 Å². The molecule has 1 unspecified atom stereocenters. The molecule has 1 aromatic carbocycles. The van der Waals surface area contributed by atoms with E-state index in [4.69, 9.17) is 4.74 Å². The number of benzene rings is 1. The van der Waals surface area contributed by atoms with Crippen molar-refractivity contribution < 1.29 is 14.9 Å². The summed E-state index contributed by atoms with van der Waals surface area (Å²) in [5.41, 5.74) is 1.02. The molecule has 124 valence electrons. The van der Waals surface area contributed by atoms with Gasteiger partial charge in [-0.15, -0.1) is 11.3 Å². The van der Waals surface area contributed by atoms with Gasteiger partial charge in [-0.3, -0.25) is 4.90 Å². The van der Waals surface area contributed by atoms with Crippen LogP contribution in [-0.4, -0.2) is 48.0 Å². The lowest BCUT2D eigenvalue weighted by molar-refractivity contribution is -0.151. The summed E-state index contributed by atoms with van der Waals surface area (Å²) in [7, 11) is 0. The second-order valence-electron chi connectivity index (χ2n) is 6.34. The van der Waals surface area contributed by atoms with Crippen LogP contribution < -0.4 is 0 Å². The number of thiophene rings is 1. The highest BCUT2D eigenvalue weighted by Gasteiger charge is 2.39. The highest BCUT2D eigenvalue weighted by Crippen LogP contribution is 2.30. The highest BCUT2D eigenvalue weighted by atomic mass is 32.1. The molecule has 23 heavy (non-hydrogen) atoms. The van der Waals surface area contributed by atoms with Gasteiger partial charge in [0.05, 0.1) is 25.2 Å². The molecule has 1 aromatic heterocycles. The standard InChI is InChI=1S/C18H23NO3S/c20-12-18(13-22-14-18)11-19(9-15-5-2-1-3-6-15)10-16(21)17-7-4-8-23-17/h1-8,16,20-21H,9-14H2. The summed E-state index contributed by atoms with van der Waals surface area (Å²) in [6.07, 6.45) is -0.504. The molecule has 3 rings (SSSR count). The van der Waals surface area contributed by atoms with Crippen LogP contribution in [0.15, 0.2) is 47.8 Å². The molecule has 2 heterocycles. The summed E-state index contributed by atoms with van der Waals surface area (Å²) in [5.74, 6) is 0. The summed E-state index contributed by atoms with van der Waals surface area (Å²) in [5, 5.41) is 22.2. The molecule has 2 N–H and O–H groups in total. The van der Waals surface area contributed by atoms with Gasteiger partial charge in [-0.1, -0.05) is 36.4 Å². The summed E-state index contributed by atoms with van der Waals surface area (Å²) in [6.45, 7) is 3.32. The maximum atomic E-state index is 10.5. The number of hydrogen-bond acceptors (Lipinski definition) is 5. The fraction of sp³-hybridized carbons (Fsp3) is 0.444. The molecule has 0 spiro atoms. The van der Waals surface area contributed by atoms with Crippen molar-refractivity contribution in [2.75, 3.05) is 32.9 Å². The summed E-state index contributed by atoms with van der Waals surface area (Å²) in [4.78, 5) is 3.20.